The summed E-state index contributed by atoms with van der Waals surface area (Å²) in [5.41, 5.74) is 0.589. The van der Waals surface area contributed by atoms with Crippen LogP contribution in [0.15, 0.2) is 24.3 Å². The van der Waals surface area contributed by atoms with Crippen LogP contribution in [0.4, 0.5) is 0 Å². The molecule has 0 bridgehead atoms. The molecule has 0 heterocycles. The van der Waals surface area contributed by atoms with Crippen molar-refractivity contribution in [2.75, 3.05) is 0 Å². The van der Waals surface area contributed by atoms with E-state index in [9.17, 15) is 13.2 Å². The van der Waals surface area contributed by atoms with E-state index in [1.807, 2.05) is 0 Å². The highest BCUT2D eigenvalue weighted by molar-refractivity contribution is 7.88. The maximum atomic E-state index is 12.2. The maximum absolute atomic E-state index is 12.2. The smallest absolute Gasteiger partial charge is 0.335 e. The fraction of sp³-hybridized carbons (Fsp3) is 0.533. The van der Waals surface area contributed by atoms with Gasteiger partial charge in [-0.1, -0.05) is 26.0 Å². The van der Waals surface area contributed by atoms with Gasteiger partial charge in [0.05, 0.1) is 11.3 Å². The third-order valence-corrected chi connectivity index (χ3v) is 5.70. The molecule has 0 spiro atoms. The molecule has 1 fully saturated rings. The molecule has 1 aliphatic rings. The van der Waals surface area contributed by atoms with Gasteiger partial charge in [0.1, 0.15) is 0 Å². The molecule has 0 aliphatic heterocycles. The predicted molar refractivity (Wildman–Crippen MR) is 80.5 cm³/mol. The summed E-state index contributed by atoms with van der Waals surface area (Å²) in [4.78, 5) is 10.9. The molecular formula is C15H21NO4S. The third kappa shape index (κ3) is 4.04. The zero-order chi connectivity index (χ0) is 15.6. The zero-order valence-corrected chi connectivity index (χ0v) is 13.1. The Balaban J connectivity index is 2.07. The summed E-state index contributed by atoms with van der Waals surface area (Å²) >= 11 is 0. The van der Waals surface area contributed by atoms with E-state index in [0.29, 0.717) is 17.4 Å². The Morgan fingerprint density at radius 2 is 2.05 bits per heavy atom. The number of benzene rings is 1. The van der Waals surface area contributed by atoms with Crippen molar-refractivity contribution in [1.29, 1.82) is 0 Å². The van der Waals surface area contributed by atoms with Crippen LogP contribution in [-0.4, -0.2) is 25.5 Å². The van der Waals surface area contributed by atoms with E-state index in [1.165, 1.54) is 12.1 Å². The first-order valence-electron chi connectivity index (χ1n) is 7.11. The molecule has 3 unspecified atom stereocenters. The highest BCUT2D eigenvalue weighted by Gasteiger charge is 2.32. The summed E-state index contributed by atoms with van der Waals surface area (Å²) in [6, 6.07) is 6.03. The van der Waals surface area contributed by atoms with Crippen LogP contribution < -0.4 is 4.72 Å². The van der Waals surface area contributed by atoms with Crippen molar-refractivity contribution in [1.82, 2.24) is 4.72 Å². The van der Waals surface area contributed by atoms with Crippen molar-refractivity contribution >= 4 is 16.0 Å². The Labute approximate surface area is 125 Å². The molecule has 5 nitrogen and oxygen atoms in total. The Hall–Kier alpha value is -1.40. The van der Waals surface area contributed by atoms with Gasteiger partial charge in [0.25, 0.3) is 0 Å². The SMILES string of the molecule is CC1CCC(NS(=O)(=O)Cc2cccc(C(=O)O)c2)C1C. The second kappa shape index (κ2) is 6.15. The summed E-state index contributed by atoms with van der Waals surface area (Å²) in [7, 11) is -3.46. The molecule has 0 saturated heterocycles. The van der Waals surface area contributed by atoms with E-state index < -0.39 is 16.0 Å². The van der Waals surface area contributed by atoms with Crippen LogP contribution in [0.3, 0.4) is 0 Å². The quantitative estimate of drug-likeness (QED) is 0.873. The van der Waals surface area contributed by atoms with Gasteiger partial charge in [-0.3, -0.25) is 0 Å². The number of carbonyl (C=O) groups is 1. The van der Waals surface area contributed by atoms with E-state index in [4.69, 9.17) is 5.11 Å². The van der Waals surface area contributed by atoms with E-state index in [2.05, 4.69) is 18.6 Å². The number of hydrogen-bond acceptors (Lipinski definition) is 3. The van der Waals surface area contributed by atoms with E-state index in [1.54, 1.807) is 12.1 Å². The molecule has 0 radical (unpaired) electrons. The molecule has 1 saturated carbocycles. The van der Waals surface area contributed by atoms with Crippen LogP contribution in [0.1, 0.15) is 42.6 Å². The minimum Gasteiger partial charge on any atom is -0.478 e. The zero-order valence-electron chi connectivity index (χ0n) is 12.2. The Morgan fingerprint density at radius 3 is 2.62 bits per heavy atom. The van der Waals surface area contributed by atoms with Crippen LogP contribution in [0, 0.1) is 11.8 Å². The number of carboxylic acid groups (broad SMARTS) is 1. The summed E-state index contributed by atoms with van der Waals surface area (Å²) < 4.78 is 27.2. The number of carboxylic acids is 1. The van der Waals surface area contributed by atoms with Gasteiger partial charge in [-0.2, -0.15) is 0 Å². The number of aromatic carboxylic acids is 1. The molecule has 1 aliphatic carbocycles. The van der Waals surface area contributed by atoms with Crippen LogP contribution >= 0.6 is 0 Å². The topological polar surface area (TPSA) is 83.5 Å². The molecule has 1 aromatic carbocycles. The molecule has 0 aromatic heterocycles. The summed E-state index contributed by atoms with van der Waals surface area (Å²) in [5.74, 6) is -0.398. The van der Waals surface area contributed by atoms with E-state index >= 15 is 0 Å². The molecule has 6 heteroatoms. The first kappa shape index (κ1) is 16.0. The minimum absolute atomic E-state index is 0.0207. The average molecular weight is 311 g/mol. The Morgan fingerprint density at radius 1 is 1.33 bits per heavy atom. The lowest BCUT2D eigenvalue weighted by atomic mass is 9.98. The van der Waals surface area contributed by atoms with Gasteiger partial charge < -0.3 is 5.11 Å². The predicted octanol–water partition coefficient (Wildman–Crippen LogP) is 2.24. The second-order valence-corrected chi connectivity index (χ2v) is 7.66. The molecular weight excluding hydrogens is 290 g/mol. The van der Waals surface area contributed by atoms with Crippen molar-refractivity contribution in [3.8, 4) is 0 Å². The van der Waals surface area contributed by atoms with Gasteiger partial charge in [0.2, 0.25) is 10.0 Å². The molecule has 0 amide bonds. The monoisotopic (exact) mass is 311 g/mol. The summed E-state index contributed by atoms with van der Waals surface area (Å²) in [6.45, 7) is 4.20. The molecule has 2 rings (SSSR count). The van der Waals surface area contributed by atoms with Crippen molar-refractivity contribution in [3.05, 3.63) is 35.4 Å². The van der Waals surface area contributed by atoms with Crippen molar-refractivity contribution in [2.45, 2.75) is 38.5 Å². The van der Waals surface area contributed by atoms with Gasteiger partial charge in [0, 0.05) is 6.04 Å². The molecule has 1 aromatic rings. The van der Waals surface area contributed by atoms with Gasteiger partial charge in [-0.15, -0.1) is 0 Å². The van der Waals surface area contributed by atoms with Gasteiger partial charge >= 0.3 is 5.97 Å². The van der Waals surface area contributed by atoms with Gasteiger partial charge in [-0.25, -0.2) is 17.9 Å². The fourth-order valence-electron chi connectivity index (χ4n) is 2.82. The summed E-state index contributed by atoms with van der Waals surface area (Å²) in [5, 5.41) is 8.94. The highest BCUT2D eigenvalue weighted by Crippen LogP contribution is 2.31. The highest BCUT2D eigenvalue weighted by atomic mass is 32.2. The number of rotatable bonds is 5. The van der Waals surface area contributed by atoms with Gasteiger partial charge in [0.15, 0.2) is 0 Å². The van der Waals surface area contributed by atoms with Crippen molar-refractivity contribution < 1.29 is 18.3 Å². The number of hydrogen-bond donors (Lipinski definition) is 2. The van der Waals surface area contributed by atoms with Crippen molar-refractivity contribution in [2.24, 2.45) is 11.8 Å². The first-order valence-corrected chi connectivity index (χ1v) is 8.76. The normalized spacial score (nSPS) is 25.9. The molecule has 3 atom stereocenters. The fourth-order valence-corrected chi connectivity index (χ4v) is 4.31. The van der Waals surface area contributed by atoms with Crippen LogP contribution in [-0.2, 0) is 15.8 Å². The number of nitrogens with one attached hydrogen (secondary N) is 1. The third-order valence-electron chi connectivity index (χ3n) is 4.33. The Bertz CT molecular complexity index is 626. The lowest BCUT2D eigenvalue weighted by Crippen LogP contribution is -2.38. The van der Waals surface area contributed by atoms with E-state index in [0.717, 1.165) is 12.8 Å². The largest absolute Gasteiger partial charge is 0.478 e. The van der Waals surface area contributed by atoms with Crippen LogP contribution in [0.5, 0.6) is 0 Å². The molecule has 116 valence electrons. The molecule has 21 heavy (non-hydrogen) atoms. The average Bonchev–Trinajstić information content (AvgIpc) is 2.70. The molecule has 2 N–H and O–H groups in total. The minimum atomic E-state index is -3.46. The van der Waals surface area contributed by atoms with Gasteiger partial charge in [-0.05, 0) is 42.4 Å². The lowest BCUT2D eigenvalue weighted by Gasteiger charge is -2.19. The maximum Gasteiger partial charge on any atom is 0.335 e. The lowest BCUT2D eigenvalue weighted by molar-refractivity contribution is 0.0696. The second-order valence-electron chi connectivity index (χ2n) is 5.90. The number of sulfonamides is 1. The Kier molecular flexibility index (Phi) is 4.68. The summed E-state index contributed by atoms with van der Waals surface area (Å²) in [6.07, 6.45) is 1.89. The van der Waals surface area contributed by atoms with E-state index in [-0.39, 0.29) is 17.4 Å². The van der Waals surface area contributed by atoms with Crippen LogP contribution in [0.2, 0.25) is 0 Å². The first-order chi connectivity index (χ1) is 9.78. The van der Waals surface area contributed by atoms with Crippen molar-refractivity contribution in [3.63, 3.8) is 0 Å². The standard InChI is InChI=1S/C15H21NO4S/c1-10-6-7-14(11(10)2)16-21(19,20)9-12-4-3-5-13(8-12)15(17)18/h3-5,8,10-11,14,16H,6-7,9H2,1-2H3,(H,17,18). The van der Waals surface area contributed by atoms with Crippen LogP contribution in [0.25, 0.3) is 0 Å².